The van der Waals surface area contributed by atoms with Crippen LogP contribution in [0.3, 0.4) is 0 Å². The van der Waals surface area contributed by atoms with Gasteiger partial charge in [-0.1, -0.05) is 0 Å². The fourth-order valence-electron chi connectivity index (χ4n) is 3.72. The predicted octanol–water partition coefficient (Wildman–Crippen LogP) is 2.70. The lowest BCUT2D eigenvalue weighted by atomic mass is 10.2. The van der Waals surface area contributed by atoms with Gasteiger partial charge in [-0.3, -0.25) is 15.0 Å². The number of hydrogen-bond acceptors (Lipinski definition) is 9. The van der Waals surface area contributed by atoms with Gasteiger partial charge in [0.2, 0.25) is 10.0 Å². The van der Waals surface area contributed by atoms with Crippen LogP contribution in [-0.2, 0) is 16.6 Å². The number of aromatic nitrogens is 1. The fraction of sp³-hybridized carbons (Fsp3) is 0.286. The number of benzene rings is 2. The zero-order valence-corrected chi connectivity index (χ0v) is 19.5. The highest BCUT2D eigenvalue weighted by Crippen LogP contribution is 2.32. The highest BCUT2D eigenvalue weighted by atomic mass is 32.2. The predicted molar refractivity (Wildman–Crippen MR) is 126 cm³/mol. The molecule has 0 amide bonds. The molecule has 2 N–H and O–H groups in total. The number of nitro groups is 1. The molecule has 1 fully saturated rings. The molecular formula is C21H23N5O5S2. The largest absolute Gasteiger partial charge is 0.497 e. The van der Waals surface area contributed by atoms with Gasteiger partial charge in [0.1, 0.15) is 16.4 Å². The van der Waals surface area contributed by atoms with E-state index in [1.165, 1.54) is 12.1 Å². The van der Waals surface area contributed by atoms with Gasteiger partial charge in [-0.25, -0.2) is 18.5 Å². The van der Waals surface area contributed by atoms with Gasteiger partial charge in [0.15, 0.2) is 0 Å². The van der Waals surface area contributed by atoms with Gasteiger partial charge in [0.25, 0.3) is 5.69 Å². The highest BCUT2D eigenvalue weighted by Gasteiger charge is 2.26. The van der Waals surface area contributed by atoms with E-state index in [2.05, 4.69) is 4.90 Å². The third-order valence-corrected chi connectivity index (χ3v) is 7.31. The summed E-state index contributed by atoms with van der Waals surface area (Å²) in [5.74, 6) is 0.799. The van der Waals surface area contributed by atoms with Gasteiger partial charge in [-0.15, -0.1) is 11.3 Å². The van der Waals surface area contributed by atoms with Crippen molar-refractivity contribution in [2.75, 3.05) is 38.2 Å². The number of ether oxygens (including phenoxy) is 1. The van der Waals surface area contributed by atoms with Crippen molar-refractivity contribution in [2.45, 2.75) is 11.4 Å². The maximum absolute atomic E-state index is 11.6. The number of rotatable bonds is 7. The molecule has 0 atom stereocenters. The summed E-state index contributed by atoms with van der Waals surface area (Å²) in [6.45, 7) is 3.23. The van der Waals surface area contributed by atoms with Crippen LogP contribution in [0.4, 0.5) is 11.4 Å². The van der Waals surface area contributed by atoms with Crippen molar-refractivity contribution in [1.29, 1.82) is 0 Å². The first-order valence-corrected chi connectivity index (χ1v) is 12.5. The van der Waals surface area contributed by atoms with Crippen molar-refractivity contribution in [3.63, 3.8) is 0 Å². The van der Waals surface area contributed by atoms with Gasteiger partial charge in [0.05, 0.1) is 22.6 Å². The summed E-state index contributed by atoms with van der Waals surface area (Å²) >= 11 is 1.59. The SMILES string of the molecule is COc1ccc(-c2nc(CN3CCN(c4ccc(S(N)(=O)=O)cc4[N+](=O)[O-])CC3)cs2)cc1. The lowest BCUT2D eigenvalue weighted by Gasteiger charge is -2.35. The van der Waals surface area contributed by atoms with Crippen LogP contribution in [0.1, 0.15) is 5.69 Å². The molecule has 10 nitrogen and oxygen atoms in total. The number of anilines is 1. The van der Waals surface area contributed by atoms with E-state index in [9.17, 15) is 18.5 Å². The van der Waals surface area contributed by atoms with Crippen molar-refractivity contribution in [3.05, 3.63) is 63.7 Å². The van der Waals surface area contributed by atoms with Gasteiger partial charge in [-0.2, -0.15) is 0 Å². The van der Waals surface area contributed by atoms with Gasteiger partial charge < -0.3 is 9.64 Å². The Hall–Kier alpha value is -3.06. The van der Waals surface area contributed by atoms with Gasteiger partial charge in [-0.05, 0) is 36.4 Å². The lowest BCUT2D eigenvalue weighted by molar-refractivity contribution is -0.384. The molecule has 1 aromatic heterocycles. The molecule has 0 bridgehead atoms. The molecule has 33 heavy (non-hydrogen) atoms. The number of piperazine rings is 1. The van der Waals surface area contributed by atoms with Crippen molar-refractivity contribution < 1.29 is 18.1 Å². The molecule has 2 aromatic carbocycles. The first kappa shape index (κ1) is 23.1. The summed E-state index contributed by atoms with van der Waals surface area (Å²) in [5, 5.41) is 19.6. The van der Waals surface area contributed by atoms with E-state index in [4.69, 9.17) is 14.9 Å². The molecule has 174 valence electrons. The van der Waals surface area contributed by atoms with Crippen molar-refractivity contribution >= 4 is 32.7 Å². The average molecular weight is 490 g/mol. The second-order valence-electron chi connectivity index (χ2n) is 7.59. The van der Waals surface area contributed by atoms with E-state index in [-0.39, 0.29) is 10.6 Å². The van der Waals surface area contributed by atoms with Crippen molar-refractivity contribution in [1.82, 2.24) is 9.88 Å². The highest BCUT2D eigenvalue weighted by molar-refractivity contribution is 7.89. The number of nitro benzene ring substituents is 1. The third kappa shape index (κ3) is 5.30. The summed E-state index contributed by atoms with van der Waals surface area (Å²) in [6, 6.07) is 11.6. The van der Waals surface area contributed by atoms with E-state index in [1.54, 1.807) is 18.4 Å². The van der Waals surface area contributed by atoms with Crippen LogP contribution in [0.25, 0.3) is 10.6 Å². The molecule has 2 heterocycles. The summed E-state index contributed by atoms with van der Waals surface area (Å²) in [7, 11) is -2.38. The van der Waals surface area contributed by atoms with Crippen LogP contribution >= 0.6 is 11.3 Å². The van der Waals surface area contributed by atoms with E-state index in [1.807, 2.05) is 34.5 Å². The molecule has 1 aliphatic rings. The van der Waals surface area contributed by atoms with Crippen LogP contribution in [0.2, 0.25) is 0 Å². The molecule has 1 saturated heterocycles. The molecule has 0 unspecified atom stereocenters. The van der Waals surface area contributed by atoms with E-state index < -0.39 is 14.9 Å². The number of nitrogens with zero attached hydrogens (tertiary/aromatic N) is 4. The Labute approximate surface area is 195 Å². The van der Waals surface area contributed by atoms with E-state index in [0.717, 1.165) is 28.1 Å². The van der Waals surface area contributed by atoms with E-state index in [0.29, 0.717) is 38.4 Å². The minimum absolute atomic E-state index is 0.265. The molecule has 0 aliphatic carbocycles. The van der Waals surface area contributed by atoms with Crippen LogP contribution < -0.4 is 14.8 Å². The summed E-state index contributed by atoms with van der Waals surface area (Å²) in [6.07, 6.45) is 0. The Balaban J connectivity index is 1.40. The molecule has 0 spiro atoms. The fourth-order valence-corrected chi connectivity index (χ4v) is 5.07. The zero-order valence-electron chi connectivity index (χ0n) is 17.9. The Morgan fingerprint density at radius 2 is 1.85 bits per heavy atom. The number of thiazole rings is 1. The molecule has 12 heteroatoms. The topological polar surface area (TPSA) is 132 Å². The van der Waals surface area contributed by atoms with E-state index >= 15 is 0 Å². The normalized spacial score (nSPS) is 14.9. The lowest BCUT2D eigenvalue weighted by Crippen LogP contribution is -2.46. The number of nitrogens with two attached hydrogens (primary N) is 1. The first-order chi connectivity index (χ1) is 15.7. The maximum Gasteiger partial charge on any atom is 0.293 e. The summed E-state index contributed by atoms with van der Waals surface area (Å²) in [4.78, 5) is 19.6. The number of primary sulfonamides is 1. The van der Waals surface area contributed by atoms with Gasteiger partial charge in [0, 0.05) is 49.7 Å². The minimum Gasteiger partial charge on any atom is -0.497 e. The molecular weight excluding hydrogens is 466 g/mol. The number of hydrogen-bond donors (Lipinski definition) is 1. The number of methoxy groups -OCH3 is 1. The summed E-state index contributed by atoms with van der Waals surface area (Å²) < 4.78 is 28.3. The van der Waals surface area contributed by atoms with Crippen molar-refractivity contribution in [3.8, 4) is 16.3 Å². The van der Waals surface area contributed by atoms with Gasteiger partial charge >= 0.3 is 0 Å². The number of sulfonamides is 1. The van der Waals surface area contributed by atoms with Crippen LogP contribution in [0.15, 0.2) is 52.7 Å². The maximum atomic E-state index is 11.6. The Bertz CT molecular complexity index is 1250. The van der Waals surface area contributed by atoms with Crippen LogP contribution in [0.5, 0.6) is 5.75 Å². The molecule has 0 saturated carbocycles. The standard InChI is InChI=1S/C21H23N5O5S2/c1-31-17-4-2-15(3-5-17)21-23-16(14-32-21)13-24-8-10-25(11-9-24)19-7-6-18(33(22,29)30)12-20(19)26(27)28/h2-7,12,14H,8-11,13H2,1H3,(H2,22,29,30). The zero-order chi connectivity index (χ0) is 23.6. The average Bonchev–Trinajstić information content (AvgIpc) is 3.27. The minimum atomic E-state index is -4.01. The second-order valence-corrected chi connectivity index (χ2v) is 10.0. The Morgan fingerprint density at radius 1 is 1.15 bits per heavy atom. The van der Waals surface area contributed by atoms with Crippen LogP contribution in [-0.4, -0.2) is 56.5 Å². The Kier molecular flexibility index (Phi) is 6.61. The third-order valence-electron chi connectivity index (χ3n) is 5.46. The second kappa shape index (κ2) is 9.43. The molecule has 3 aromatic rings. The molecule has 0 radical (unpaired) electrons. The monoisotopic (exact) mass is 489 g/mol. The van der Waals surface area contributed by atoms with Crippen LogP contribution in [0, 0.1) is 10.1 Å². The smallest absolute Gasteiger partial charge is 0.293 e. The Morgan fingerprint density at radius 3 is 2.45 bits per heavy atom. The first-order valence-electron chi connectivity index (χ1n) is 10.1. The molecule has 4 rings (SSSR count). The van der Waals surface area contributed by atoms with Crippen molar-refractivity contribution in [2.24, 2.45) is 5.14 Å². The molecule has 1 aliphatic heterocycles. The quantitative estimate of drug-likeness (QED) is 0.396. The summed E-state index contributed by atoms with van der Waals surface area (Å²) in [5.41, 5.74) is 2.14.